The summed E-state index contributed by atoms with van der Waals surface area (Å²) < 4.78 is 0. The normalized spacial score (nSPS) is 13.1. The molecule has 0 aliphatic carbocycles. The molecule has 0 radical (unpaired) electrons. The van der Waals surface area contributed by atoms with E-state index in [4.69, 9.17) is 5.26 Å². The average Bonchev–Trinajstić information content (AvgIpc) is 2.27. The second-order valence-corrected chi connectivity index (χ2v) is 3.99. The Kier molecular flexibility index (Phi) is 7.05. The van der Waals surface area contributed by atoms with Gasteiger partial charge in [0.1, 0.15) is 12.1 Å². The van der Waals surface area contributed by atoms with Gasteiger partial charge in [-0.2, -0.15) is 17.0 Å². The number of carbonyl (C=O) groups is 2. The van der Waals surface area contributed by atoms with Crippen LogP contribution in [0.3, 0.4) is 0 Å². The lowest BCUT2D eigenvalue weighted by Crippen LogP contribution is -2.49. The van der Waals surface area contributed by atoms with E-state index in [1.165, 1.54) is 11.8 Å². The Labute approximate surface area is 99.3 Å². The predicted octanol–water partition coefficient (Wildman–Crippen LogP) is 0.0485. The highest BCUT2D eigenvalue weighted by molar-refractivity contribution is 7.98. The van der Waals surface area contributed by atoms with Crippen LogP contribution >= 0.6 is 11.8 Å². The van der Waals surface area contributed by atoms with Gasteiger partial charge in [-0.15, -0.1) is 0 Å². The molecule has 0 fully saturated rings. The zero-order valence-electron chi connectivity index (χ0n) is 9.32. The van der Waals surface area contributed by atoms with Crippen LogP contribution in [0.4, 0.5) is 0 Å². The van der Waals surface area contributed by atoms with Crippen LogP contribution in [0.2, 0.25) is 0 Å². The summed E-state index contributed by atoms with van der Waals surface area (Å²) in [6.45, 7) is 4.88. The van der Waals surface area contributed by atoms with Gasteiger partial charge in [-0.25, -0.2) is 0 Å². The van der Waals surface area contributed by atoms with E-state index in [2.05, 4.69) is 17.2 Å². The number of hydrogen-bond acceptors (Lipinski definition) is 4. The topological polar surface area (TPSA) is 82.0 Å². The van der Waals surface area contributed by atoms with Gasteiger partial charge in [0.15, 0.2) is 0 Å². The van der Waals surface area contributed by atoms with Crippen molar-refractivity contribution in [3.63, 3.8) is 0 Å². The SMILES string of the molecule is C=CC(=O)NC(CSC)C(=O)NC(C)C#N. The van der Waals surface area contributed by atoms with Gasteiger partial charge < -0.3 is 10.6 Å². The molecule has 0 aliphatic heterocycles. The monoisotopic (exact) mass is 241 g/mol. The van der Waals surface area contributed by atoms with Crippen LogP contribution in [-0.4, -0.2) is 35.9 Å². The molecule has 16 heavy (non-hydrogen) atoms. The Morgan fingerprint density at radius 3 is 2.62 bits per heavy atom. The van der Waals surface area contributed by atoms with Crippen LogP contribution in [0.25, 0.3) is 0 Å². The molecule has 0 spiro atoms. The van der Waals surface area contributed by atoms with Gasteiger partial charge >= 0.3 is 0 Å². The molecule has 0 aromatic rings. The Morgan fingerprint density at radius 2 is 2.19 bits per heavy atom. The van der Waals surface area contributed by atoms with E-state index >= 15 is 0 Å². The van der Waals surface area contributed by atoms with Crippen LogP contribution in [0.15, 0.2) is 12.7 Å². The highest BCUT2D eigenvalue weighted by Gasteiger charge is 2.20. The van der Waals surface area contributed by atoms with Crippen molar-refractivity contribution in [3.05, 3.63) is 12.7 Å². The minimum absolute atomic E-state index is 0.362. The number of amides is 2. The maximum atomic E-state index is 11.6. The van der Waals surface area contributed by atoms with E-state index in [0.29, 0.717) is 5.75 Å². The summed E-state index contributed by atoms with van der Waals surface area (Å²) >= 11 is 1.43. The van der Waals surface area contributed by atoms with Crippen molar-refractivity contribution in [1.82, 2.24) is 10.6 Å². The molecule has 0 heterocycles. The standard InChI is InChI=1S/C10H15N3O2S/c1-4-9(14)13-8(6-16-3)10(15)12-7(2)5-11/h4,7-8H,1,6H2,2-3H3,(H,12,15)(H,13,14). The number of hydrogen-bond donors (Lipinski definition) is 2. The number of thioether (sulfide) groups is 1. The summed E-state index contributed by atoms with van der Waals surface area (Å²) in [6, 6.07) is 0.674. The third-order valence-corrected chi connectivity index (χ3v) is 2.37. The lowest BCUT2D eigenvalue weighted by Gasteiger charge is -2.17. The summed E-state index contributed by atoms with van der Waals surface area (Å²) in [5, 5.41) is 13.5. The zero-order chi connectivity index (χ0) is 12.6. The first-order valence-corrected chi connectivity index (χ1v) is 6.06. The largest absolute Gasteiger partial charge is 0.340 e. The third-order valence-electron chi connectivity index (χ3n) is 1.70. The van der Waals surface area contributed by atoms with Gasteiger partial charge in [-0.05, 0) is 19.3 Å². The van der Waals surface area contributed by atoms with E-state index in [1.54, 1.807) is 6.92 Å². The molecule has 2 atom stereocenters. The molecule has 0 bridgehead atoms. The molecule has 0 aromatic carbocycles. The Balaban J connectivity index is 4.40. The molecule has 2 unspecified atom stereocenters. The smallest absolute Gasteiger partial charge is 0.244 e. The molecular weight excluding hydrogens is 226 g/mol. The van der Waals surface area contributed by atoms with E-state index in [-0.39, 0.29) is 5.91 Å². The third kappa shape index (κ3) is 5.41. The Bertz CT molecular complexity index is 312. The molecule has 2 N–H and O–H groups in total. The van der Waals surface area contributed by atoms with E-state index in [1.807, 2.05) is 12.3 Å². The fourth-order valence-corrected chi connectivity index (χ4v) is 1.49. The molecule has 6 heteroatoms. The van der Waals surface area contributed by atoms with E-state index in [9.17, 15) is 9.59 Å². The van der Waals surface area contributed by atoms with Crippen molar-refractivity contribution >= 4 is 23.6 Å². The Morgan fingerprint density at radius 1 is 1.56 bits per heavy atom. The molecular formula is C10H15N3O2S. The number of carbonyl (C=O) groups excluding carboxylic acids is 2. The first-order valence-electron chi connectivity index (χ1n) is 4.67. The highest BCUT2D eigenvalue weighted by Crippen LogP contribution is 1.98. The van der Waals surface area contributed by atoms with Crippen molar-refractivity contribution in [3.8, 4) is 6.07 Å². The Hall–Kier alpha value is -1.48. The molecule has 0 aliphatic rings. The van der Waals surface area contributed by atoms with E-state index in [0.717, 1.165) is 6.08 Å². The maximum absolute atomic E-state index is 11.6. The molecule has 5 nitrogen and oxygen atoms in total. The van der Waals surface area contributed by atoms with Crippen molar-refractivity contribution in [1.29, 1.82) is 5.26 Å². The van der Waals surface area contributed by atoms with Gasteiger partial charge in [0, 0.05) is 5.75 Å². The maximum Gasteiger partial charge on any atom is 0.244 e. The van der Waals surface area contributed by atoms with Crippen LogP contribution in [0, 0.1) is 11.3 Å². The van der Waals surface area contributed by atoms with Crippen LogP contribution < -0.4 is 10.6 Å². The van der Waals surface area contributed by atoms with Crippen LogP contribution in [-0.2, 0) is 9.59 Å². The highest BCUT2D eigenvalue weighted by atomic mass is 32.2. The first-order chi connectivity index (χ1) is 7.54. The lowest BCUT2D eigenvalue weighted by atomic mass is 10.2. The fourth-order valence-electron chi connectivity index (χ4n) is 0.926. The molecule has 0 rings (SSSR count). The van der Waals surface area contributed by atoms with E-state index < -0.39 is 18.0 Å². The predicted molar refractivity (Wildman–Crippen MR) is 63.7 cm³/mol. The summed E-state index contributed by atoms with van der Waals surface area (Å²) in [4.78, 5) is 22.7. The fraction of sp³-hybridized carbons (Fsp3) is 0.500. The molecule has 0 aromatic heterocycles. The summed E-state index contributed by atoms with van der Waals surface area (Å²) in [7, 11) is 0. The van der Waals surface area contributed by atoms with Crippen LogP contribution in [0.1, 0.15) is 6.92 Å². The second-order valence-electron chi connectivity index (χ2n) is 3.08. The van der Waals surface area contributed by atoms with Crippen molar-refractivity contribution in [2.45, 2.75) is 19.0 Å². The van der Waals surface area contributed by atoms with Crippen LogP contribution in [0.5, 0.6) is 0 Å². The number of nitrogens with zero attached hydrogens (tertiary/aromatic N) is 1. The van der Waals surface area contributed by atoms with Crippen molar-refractivity contribution in [2.24, 2.45) is 0 Å². The number of nitriles is 1. The van der Waals surface area contributed by atoms with Gasteiger partial charge in [-0.3, -0.25) is 9.59 Å². The quantitative estimate of drug-likeness (QED) is 0.644. The number of rotatable bonds is 6. The lowest BCUT2D eigenvalue weighted by molar-refractivity contribution is -0.126. The molecule has 0 saturated heterocycles. The average molecular weight is 241 g/mol. The zero-order valence-corrected chi connectivity index (χ0v) is 10.1. The molecule has 88 valence electrons. The second kappa shape index (κ2) is 7.77. The van der Waals surface area contributed by atoms with Gasteiger partial charge in [0.25, 0.3) is 0 Å². The molecule has 0 saturated carbocycles. The summed E-state index contributed by atoms with van der Waals surface area (Å²) in [5.74, 6) is -0.318. The summed E-state index contributed by atoms with van der Waals surface area (Å²) in [5.41, 5.74) is 0. The van der Waals surface area contributed by atoms with Crippen molar-refractivity contribution < 1.29 is 9.59 Å². The van der Waals surface area contributed by atoms with Gasteiger partial charge in [0.2, 0.25) is 11.8 Å². The number of nitrogens with one attached hydrogen (secondary N) is 2. The summed E-state index contributed by atoms with van der Waals surface area (Å²) in [6.07, 6.45) is 2.93. The molecule has 2 amide bonds. The van der Waals surface area contributed by atoms with Gasteiger partial charge in [0.05, 0.1) is 6.07 Å². The first kappa shape index (κ1) is 14.5. The van der Waals surface area contributed by atoms with Gasteiger partial charge in [-0.1, -0.05) is 6.58 Å². The minimum atomic E-state index is -0.642. The van der Waals surface area contributed by atoms with Crippen molar-refractivity contribution in [2.75, 3.05) is 12.0 Å². The minimum Gasteiger partial charge on any atom is -0.340 e.